The molecule has 1 N–H and O–H groups in total. The second kappa shape index (κ2) is 8.60. The van der Waals surface area contributed by atoms with Crippen LogP contribution in [-0.4, -0.2) is 26.1 Å². The fourth-order valence-electron chi connectivity index (χ4n) is 2.49. The van der Waals surface area contributed by atoms with Gasteiger partial charge in [0.2, 0.25) is 5.91 Å². The molecule has 0 saturated heterocycles. The summed E-state index contributed by atoms with van der Waals surface area (Å²) < 4.78 is 5.29. The Labute approximate surface area is 148 Å². The Morgan fingerprint density at radius 3 is 2.58 bits per heavy atom. The molecule has 24 heavy (non-hydrogen) atoms. The van der Waals surface area contributed by atoms with Crippen LogP contribution < -0.4 is 15.0 Å². The van der Waals surface area contributed by atoms with Crippen molar-refractivity contribution in [1.29, 1.82) is 0 Å². The number of benzene rings is 2. The third-order valence-corrected chi connectivity index (χ3v) is 4.27. The topological polar surface area (TPSA) is 41.6 Å². The van der Waals surface area contributed by atoms with Gasteiger partial charge >= 0.3 is 0 Å². The van der Waals surface area contributed by atoms with E-state index >= 15 is 0 Å². The molecule has 0 aliphatic rings. The second-order valence-corrected chi connectivity index (χ2v) is 5.92. The average molecular weight is 347 g/mol. The van der Waals surface area contributed by atoms with Crippen molar-refractivity contribution in [2.24, 2.45) is 0 Å². The van der Waals surface area contributed by atoms with Gasteiger partial charge in [0.15, 0.2) is 0 Å². The first-order chi connectivity index (χ1) is 11.5. The summed E-state index contributed by atoms with van der Waals surface area (Å²) in [6.45, 7) is 5.48. The van der Waals surface area contributed by atoms with Gasteiger partial charge in [-0.2, -0.15) is 0 Å². The first-order valence-corrected chi connectivity index (χ1v) is 8.37. The Kier molecular flexibility index (Phi) is 6.50. The number of aryl methyl sites for hydroxylation is 1. The Morgan fingerprint density at radius 1 is 1.25 bits per heavy atom. The van der Waals surface area contributed by atoms with Crippen molar-refractivity contribution < 1.29 is 9.53 Å². The van der Waals surface area contributed by atoms with Crippen LogP contribution in [0.15, 0.2) is 42.5 Å². The standard InChI is InChI=1S/C19H23ClN2O2/c1-4-22(15-8-6-5-7-9-15)11-10-19(23)21-17-12-14(2)16(20)13-18(17)24-3/h5-9,12-13H,4,10-11H2,1-3H3,(H,21,23). The van der Waals surface area contributed by atoms with E-state index in [0.717, 1.165) is 17.8 Å². The molecule has 0 radical (unpaired) electrons. The number of ether oxygens (including phenoxy) is 1. The van der Waals surface area contributed by atoms with E-state index in [-0.39, 0.29) is 5.91 Å². The lowest BCUT2D eigenvalue weighted by atomic mass is 10.2. The van der Waals surface area contributed by atoms with E-state index in [1.807, 2.05) is 43.3 Å². The van der Waals surface area contributed by atoms with Gasteiger partial charge in [-0.25, -0.2) is 0 Å². The van der Waals surface area contributed by atoms with Gasteiger partial charge < -0.3 is 15.0 Å². The highest BCUT2D eigenvalue weighted by molar-refractivity contribution is 6.31. The first kappa shape index (κ1) is 18.1. The highest BCUT2D eigenvalue weighted by Gasteiger charge is 2.12. The van der Waals surface area contributed by atoms with Crippen LogP contribution in [-0.2, 0) is 4.79 Å². The highest BCUT2D eigenvalue weighted by Crippen LogP contribution is 2.31. The third-order valence-electron chi connectivity index (χ3n) is 3.87. The van der Waals surface area contributed by atoms with Gasteiger partial charge in [0, 0.05) is 36.3 Å². The van der Waals surface area contributed by atoms with Gasteiger partial charge in [-0.1, -0.05) is 29.8 Å². The Balaban J connectivity index is 1.99. The van der Waals surface area contributed by atoms with Crippen molar-refractivity contribution in [3.63, 3.8) is 0 Å². The lowest BCUT2D eigenvalue weighted by Gasteiger charge is -2.23. The van der Waals surface area contributed by atoms with Crippen LogP contribution in [0.2, 0.25) is 5.02 Å². The first-order valence-electron chi connectivity index (χ1n) is 7.99. The van der Waals surface area contributed by atoms with Crippen LogP contribution in [0, 0.1) is 6.92 Å². The fourth-order valence-corrected chi connectivity index (χ4v) is 2.64. The number of amides is 1. The number of para-hydroxylation sites is 1. The van der Waals surface area contributed by atoms with Gasteiger partial charge in [-0.15, -0.1) is 0 Å². The lowest BCUT2D eigenvalue weighted by molar-refractivity contribution is -0.116. The van der Waals surface area contributed by atoms with Gasteiger partial charge in [0.25, 0.3) is 0 Å². The average Bonchev–Trinajstić information content (AvgIpc) is 2.59. The normalized spacial score (nSPS) is 10.3. The molecule has 4 nitrogen and oxygen atoms in total. The molecular formula is C19H23ClN2O2. The molecule has 0 unspecified atom stereocenters. The largest absolute Gasteiger partial charge is 0.495 e. The molecule has 0 fully saturated rings. The van der Waals surface area contributed by atoms with E-state index in [1.165, 1.54) is 0 Å². The summed E-state index contributed by atoms with van der Waals surface area (Å²) in [4.78, 5) is 14.5. The van der Waals surface area contributed by atoms with Gasteiger partial charge in [0.05, 0.1) is 12.8 Å². The van der Waals surface area contributed by atoms with Gasteiger partial charge in [0.1, 0.15) is 5.75 Å². The Bertz CT molecular complexity index is 689. The molecule has 0 saturated carbocycles. The molecule has 5 heteroatoms. The maximum atomic E-state index is 12.3. The zero-order valence-corrected chi connectivity index (χ0v) is 15.1. The summed E-state index contributed by atoms with van der Waals surface area (Å²) in [6.07, 6.45) is 0.396. The van der Waals surface area contributed by atoms with E-state index in [0.29, 0.717) is 29.4 Å². The number of hydrogen-bond acceptors (Lipinski definition) is 3. The Hall–Kier alpha value is -2.20. The van der Waals surface area contributed by atoms with Crippen molar-refractivity contribution in [3.05, 3.63) is 53.1 Å². The summed E-state index contributed by atoms with van der Waals surface area (Å²) in [7, 11) is 1.56. The van der Waals surface area contributed by atoms with Crippen molar-refractivity contribution in [2.75, 3.05) is 30.4 Å². The lowest BCUT2D eigenvalue weighted by Crippen LogP contribution is -2.27. The molecule has 2 rings (SSSR count). The minimum atomic E-state index is -0.0515. The van der Waals surface area contributed by atoms with Crippen molar-refractivity contribution >= 4 is 28.9 Å². The van der Waals surface area contributed by atoms with Crippen LogP contribution in [0.5, 0.6) is 5.75 Å². The summed E-state index contributed by atoms with van der Waals surface area (Å²) in [5, 5.41) is 3.53. The maximum Gasteiger partial charge on any atom is 0.226 e. The molecule has 0 bridgehead atoms. The minimum absolute atomic E-state index is 0.0515. The highest BCUT2D eigenvalue weighted by atomic mass is 35.5. The summed E-state index contributed by atoms with van der Waals surface area (Å²) >= 11 is 6.09. The van der Waals surface area contributed by atoms with E-state index in [1.54, 1.807) is 13.2 Å². The maximum absolute atomic E-state index is 12.3. The van der Waals surface area contributed by atoms with Crippen LogP contribution in [0.1, 0.15) is 18.9 Å². The quantitative estimate of drug-likeness (QED) is 0.801. The number of carbonyl (C=O) groups excluding carboxylic acids is 1. The minimum Gasteiger partial charge on any atom is -0.495 e. The molecule has 0 atom stereocenters. The number of halogens is 1. The molecule has 2 aromatic carbocycles. The molecule has 0 aromatic heterocycles. The van der Waals surface area contributed by atoms with E-state index in [2.05, 4.69) is 17.1 Å². The van der Waals surface area contributed by atoms with Crippen LogP contribution in [0.3, 0.4) is 0 Å². The van der Waals surface area contributed by atoms with Crippen molar-refractivity contribution in [1.82, 2.24) is 0 Å². The molecule has 0 aliphatic heterocycles. The number of anilines is 2. The zero-order chi connectivity index (χ0) is 17.5. The van der Waals surface area contributed by atoms with Crippen LogP contribution >= 0.6 is 11.6 Å². The smallest absolute Gasteiger partial charge is 0.226 e. The monoisotopic (exact) mass is 346 g/mol. The zero-order valence-electron chi connectivity index (χ0n) is 14.3. The van der Waals surface area contributed by atoms with Crippen LogP contribution in [0.25, 0.3) is 0 Å². The summed E-state index contributed by atoms with van der Waals surface area (Å²) in [5.41, 5.74) is 2.66. The van der Waals surface area contributed by atoms with E-state index in [9.17, 15) is 4.79 Å². The SMILES string of the molecule is CCN(CCC(=O)Nc1cc(C)c(Cl)cc1OC)c1ccccc1. The molecule has 0 spiro atoms. The van der Waals surface area contributed by atoms with Crippen molar-refractivity contribution in [3.8, 4) is 5.75 Å². The molecule has 0 aliphatic carbocycles. The number of methoxy groups -OCH3 is 1. The Morgan fingerprint density at radius 2 is 1.96 bits per heavy atom. The third kappa shape index (κ3) is 4.65. The number of carbonyl (C=O) groups is 1. The predicted octanol–water partition coefficient (Wildman–Crippen LogP) is 4.51. The number of rotatable bonds is 7. The molecule has 1 amide bonds. The molecule has 0 heterocycles. The number of hydrogen-bond donors (Lipinski definition) is 1. The van der Waals surface area contributed by atoms with Crippen LogP contribution in [0.4, 0.5) is 11.4 Å². The fraction of sp³-hybridized carbons (Fsp3) is 0.316. The molecule has 2 aromatic rings. The molecular weight excluding hydrogens is 324 g/mol. The summed E-state index contributed by atoms with van der Waals surface area (Å²) in [6, 6.07) is 13.6. The summed E-state index contributed by atoms with van der Waals surface area (Å²) in [5.74, 6) is 0.513. The van der Waals surface area contributed by atoms with E-state index in [4.69, 9.17) is 16.3 Å². The van der Waals surface area contributed by atoms with Gasteiger partial charge in [-0.05, 0) is 37.6 Å². The predicted molar refractivity (Wildman–Crippen MR) is 100 cm³/mol. The number of nitrogens with one attached hydrogen (secondary N) is 1. The number of nitrogens with zero attached hydrogens (tertiary/aromatic N) is 1. The van der Waals surface area contributed by atoms with E-state index < -0.39 is 0 Å². The molecule has 128 valence electrons. The van der Waals surface area contributed by atoms with Gasteiger partial charge in [-0.3, -0.25) is 4.79 Å². The van der Waals surface area contributed by atoms with Crippen molar-refractivity contribution in [2.45, 2.75) is 20.3 Å². The second-order valence-electron chi connectivity index (χ2n) is 5.52.